The zero-order valence-electron chi connectivity index (χ0n) is 18.8. The van der Waals surface area contributed by atoms with Gasteiger partial charge in [-0.1, -0.05) is 0 Å². The van der Waals surface area contributed by atoms with E-state index in [1.807, 2.05) is 51.4 Å². The SMILES string of the molecule is Cc1cc(-c2nc(C(=O)Nc3cc4cn(C)nc4cc3N3CCC(F)CC3)co2)cc(C)n1. The van der Waals surface area contributed by atoms with Gasteiger partial charge in [0.25, 0.3) is 5.91 Å². The summed E-state index contributed by atoms with van der Waals surface area (Å²) in [5, 5.41) is 8.37. The molecule has 0 unspecified atom stereocenters. The van der Waals surface area contributed by atoms with Gasteiger partial charge in [-0.05, 0) is 51.0 Å². The van der Waals surface area contributed by atoms with Crippen LogP contribution in [0.5, 0.6) is 0 Å². The number of aromatic nitrogens is 4. The number of piperidine rings is 1. The number of aryl methyl sites for hydroxylation is 3. The van der Waals surface area contributed by atoms with Crippen LogP contribution < -0.4 is 10.2 Å². The summed E-state index contributed by atoms with van der Waals surface area (Å²) in [5.41, 5.74) is 4.92. The second kappa shape index (κ2) is 8.31. The lowest BCUT2D eigenvalue weighted by molar-refractivity contribution is 0.102. The highest BCUT2D eigenvalue weighted by Crippen LogP contribution is 2.33. The zero-order chi connectivity index (χ0) is 23.1. The molecule has 170 valence electrons. The summed E-state index contributed by atoms with van der Waals surface area (Å²) >= 11 is 0. The second-order valence-electron chi connectivity index (χ2n) is 8.52. The third-order valence-electron chi connectivity index (χ3n) is 5.82. The van der Waals surface area contributed by atoms with Crippen LogP contribution in [0.2, 0.25) is 0 Å². The normalized spacial score (nSPS) is 14.7. The van der Waals surface area contributed by atoms with Crippen LogP contribution in [0.1, 0.15) is 34.7 Å². The van der Waals surface area contributed by atoms with Crippen LogP contribution in [-0.4, -0.2) is 44.9 Å². The average Bonchev–Trinajstić information content (AvgIpc) is 3.39. The Labute approximate surface area is 190 Å². The minimum atomic E-state index is -0.785. The Morgan fingerprint density at radius 3 is 2.58 bits per heavy atom. The van der Waals surface area contributed by atoms with Gasteiger partial charge in [-0.25, -0.2) is 9.37 Å². The number of halogens is 1. The van der Waals surface area contributed by atoms with Crippen molar-refractivity contribution in [2.45, 2.75) is 32.9 Å². The molecule has 0 atom stereocenters. The van der Waals surface area contributed by atoms with Crippen LogP contribution in [0, 0.1) is 13.8 Å². The van der Waals surface area contributed by atoms with Gasteiger partial charge in [0.15, 0.2) is 5.69 Å². The number of hydrogen-bond donors (Lipinski definition) is 1. The van der Waals surface area contributed by atoms with E-state index >= 15 is 0 Å². The molecule has 5 rings (SSSR count). The van der Waals surface area contributed by atoms with E-state index in [9.17, 15) is 9.18 Å². The molecule has 1 aliphatic rings. The lowest BCUT2D eigenvalue weighted by Gasteiger charge is -2.32. The topological polar surface area (TPSA) is 89.1 Å². The molecule has 8 nitrogen and oxygen atoms in total. The number of nitrogens with zero attached hydrogens (tertiary/aromatic N) is 5. The van der Waals surface area contributed by atoms with Crippen molar-refractivity contribution in [3.05, 3.63) is 53.8 Å². The van der Waals surface area contributed by atoms with Gasteiger partial charge in [-0.3, -0.25) is 14.5 Å². The molecule has 4 aromatic rings. The van der Waals surface area contributed by atoms with E-state index in [2.05, 4.69) is 25.3 Å². The molecule has 0 radical (unpaired) electrons. The Morgan fingerprint density at radius 1 is 1.12 bits per heavy atom. The summed E-state index contributed by atoms with van der Waals surface area (Å²) in [4.78, 5) is 23.9. The molecule has 4 heterocycles. The van der Waals surface area contributed by atoms with Crippen LogP contribution in [0.3, 0.4) is 0 Å². The molecule has 9 heteroatoms. The molecular formula is C24H25FN6O2. The molecule has 0 bridgehead atoms. The molecule has 0 saturated carbocycles. The molecule has 0 aliphatic carbocycles. The van der Waals surface area contributed by atoms with Crippen LogP contribution in [-0.2, 0) is 7.05 Å². The molecule has 33 heavy (non-hydrogen) atoms. The highest BCUT2D eigenvalue weighted by atomic mass is 19.1. The van der Waals surface area contributed by atoms with Crippen LogP contribution >= 0.6 is 0 Å². The van der Waals surface area contributed by atoms with Crippen molar-refractivity contribution in [2.24, 2.45) is 7.05 Å². The molecule has 1 fully saturated rings. The molecule has 1 aliphatic heterocycles. The van der Waals surface area contributed by atoms with Crippen LogP contribution in [0.25, 0.3) is 22.4 Å². The lowest BCUT2D eigenvalue weighted by atomic mass is 10.1. The first kappa shape index (κ1) is 21.1. The van der Waals surface area contributed by atoms with Crippen molar-refractivity contribution >= 4 is 28.2 Å². The smallest absolute Gasteiger partial charge is 0.277 e. The molecule has 0 spiro atoms. The van der Waals surface area contributed by atoms with Gasteiger partial charge >= 0.3 is 0 Å². The Hall–Kier alpha value is -3.75. The number of nitrogens with one attached hydrogen (secondary N) is 1. The molecular weight excluding hydrogens is 423 g/mol. The zero-order valence-corrected chi connectivity index (χ0v) is 18.8. The Balaban J connectivity index is 1.45. The first-order chi connectivity index (χ1) is 15.9. The number of amides is 1. The number of carbonyl (C=O) groups is 1. The quantitative estimate of drug-likeness (QED) is 0.497. The van der Waals surface area contributed by atoms with Crippen molar-refractivity contribution < 1.29 is 13.6 Å². The number of anilines is 2. The van der Waals surface area contributed by atoms with Gasteiger partial charge in [0.05, 0.1) is 16.9 Å². The highest BCUT2D eigenvalue weighted by Gasteiger charge is 2.23. The first-order valence-corrected chi connectivity index (χ1v) is 10.9. The number of alkyl halides is 1. The molecule has 1 saturated heterocycles. The first-order valence-electron chi connectivity index (χ1n) is 10.9. The summed E-state index contributed by atoms with van der Waals surface area (Å²) in [6.45, 7) is 4.96. The third-order valence-corrected chi connectivity index (χ3v) is 5.82. The fourth-order valence-electron chi connectivity index (χ4n) is 4.29. The molecule has 1 aromatic carbocycles. The van der Waals surface area contributed by atoms with E-state index in [0.717, 1.165) is 33.5 Å². The van der Waals surface area contributed by atoms with E-state index in [4.69, 9.17) is 4.42 Å². The van der Waals surface area contributed by atoms with E-state index in [1.165, 1.54) is 6.26 Å². The van der Waals surface area contributed by atoms with Crippen molar-refractivity contribution in [3.8, 4) is 11.5 Å². The van der Waals surface area contributed by atoms with Crippen molar-refractivity contribution in [1.82, 2.24) is 19.7 Å². The van der Waals surface area contributed by atoms with Gasteiger partial charge in [0.2, 0.25) is 5.89 Å². The lowest BCUT2D eigenvalue weighted by Crippen LogP contribution is -2.35. The van der Waals surface area contributed by atoms with E-state index in [1.54, 1.807) is 4.68 Å². The minimum absolute atomic E-state index is 0.178. The number of pyridine rings is 1. The third kappa shape index (κ3) is 4.30. The van der Waals surface area contributed by atoms with Gasteiger partial charge < -0.3 is 14.6 Å². The van der Waals surface area contributed by atoms with Crippen molar-refractivity contribution in [2.75, 3.05) is 23.3 Å². The Kier molecular flexibility index (Phi) is 5.32. The van der Waals surface area contributed by atoms with E-state index < -0.39 is 6.17 Å². The minimum Gasteiger partial charge on any atom is -0.444 e. The summed E-state index contributed by atoms with van der Waals surface area (Å²) < 4.78 is 21.0. The fraction of sp³-hybridized carbons (Fsp3) is 0.333. The molecule has 3 aromatic heterocycles. The predicted molar refractivity (Wildman–Crippen MR) is 124 cm³/mol. The van der Waals surface area contributed by atoms with E-state index in [-0.39, 0.29) is 11.6 Å². The number of rotatable bonds is 4. The maximum absolute atomic E-state index is 13.7. The molecule has 1 amide bonds. The summed E-state index contributed by atoms with van der Waals surface area (Å²) in [7, 11) is 1.85. The van der Waals surface area contributed by atoms with Gasteiger partial charge in [-0.2, -0.15) is 5.10 Å². The number of fused-ring (bicyclic) bond motifs is 1. The highest BCUT2D eigenvalue weighted by molar-refractivity contribution is 6.06. The van der Waals surface area contributed by atoms with E-state index in [0.29, 0.717) is 37.5 Å². The summed E-state index contributed by atoms with van der Waals surface area (Å²) in [5.74, 6) is -0.0147. The van der Waals surface area contributed by atoms with Gasteiger partial charge in [0.1, 0.15) is 12.4 Å². The second-order valence-corrected chi connectivity index (χ2v) is 8.52. The maximum Gasteiger partial charge on any atom is 0.277 e. The predicted octanol–water partition coefficient (Wildman–Crippen LogP) is 4.43. The summed E-state index contributed by atoms with van der Waals surface area (Å²) in [6, 6.07) is 7.57. The van der Waals surface area contributed by atoms with Crippen LogP contribution in [0.15, 0.2) is 41.1 Å². The monoisotopic (exact) mass is 448 g/mol. The number of benzene rings is 1. The van der Waals surface area contributed by atoms with Gasteiger partial charge in [-0.15, -0.1) is 0 Å². The number of carbonyl (C=O) groups excluding carboxylic acids is 1. The number of hydrogen-bond acceptors (Lipinski definition) is 6. The number of oxazole rings is 1. The summed E-state index contributed by atoms with van der Waals surface area (Å²) in [6.07, 6.45) is 3.39. The van der Waals surface area contributed by atoms with Gasteiger partial charge in [0, 0.05) is 48.7 Å². The van der Waals surface area contributed by atoms with Crippen LogP contribution in [0.4, 0.5) is 15.8 Å². The standard InChI is InChI=1S/C24H25FN6O2/c1-14-8-16(9-15(2)26-14)24-28-21(13-33-24)23(32)27-20-10-17-12-30(3)29-19(17)11-22(20)31-6-4-18(25)5-7-31/h8-13,18H,4-7H2,1-3H3,(H,27,32). The maximum atomic E-state index is 13.7. The van der Waals surface area contributed by atoms with Crippen molar-refractivity contribution in [1.29, 1.82) is 0 Å². The molecule has 1 N–H and O–H groups in total. The average molecular weight is 449 g/mol. The fourth-order valence-corrected chi connectivity index (χ4v) is 4.29. The Morgan fingerprint density at radius 2 is 1.85 bits per heavy atom. The van der Waals surface area contributed by atoms with Crippen molar-refractivity contribution in [3.63, 3.8) is 0 Å². The Bertz CT molecular complexity index is 1320. The largest absolute Gasteiger partial charge is 0.444 e.